The maximum Gasteiger partial charge on any atom is 0.0332 e. The Morgan fingerprint density at radius 2 is 1.89 bits per heavy atom. The van der Waals surface area contributed by atoms with Crippen molar-refractivity contribution in [2.45, 2.75) is 44.6 Å². The SMILES string of the molecule is CCNC(CCN(C)C)c1ccc(C2CCC2)cc1. The Kier molecular flexibility index (Phi) is 5.41. The zero-order valence-corrected chi connectivity index (χ0v) is 12.7. The molecular weight excluding hydrogens is 232 g/mol. The molecule has 0 aromatic heterocycles. The maximum absolute atomic E-state index is 3.60. The van der Waals surface area contributed by atoms with E-state index in [4.69, 9.17) is 0 Å². The van der Waals surface area contributed by atoms with Crippen molar-refractivity contribution in [3.05, 3.63) is 35.4 Å². The molecule has 1 aromatic carbocycles. The molecule has 1 aromatic rings. The number of nitrogens with one attached hydrogen (secondary N) is 1. The first kappa shape index (κ1) is 14.5. The van der Waals surface area contributed by atoms with Crippen LogP contribution in [0.3, 0.4) is 0 Å². The Morgan fingerprint density at radius 3 is 2.37 bits per heavy atom. The van der Waals surface area contributed by atoms with E-state index in [1.807, 2.05) is 0 Å². The van der Waals surface area contributed by atoms with Crippen molar-refractivity contribution in [2.75, 3.05) is 27.2 Å². The number of nitrogens with zero attached hydrogens (tertiary/aromatic N) is 1. The van der Waals surface area contributed by atoms with Crippen LogP contribution in [0.1, 0.15) is 55.7 Å². The van der Waals surface area contributed by atoms with Crippen LogP contribution < -0.4 is 5.32 Å². The number of hydrogen-bond acceptors (Lipinski definition) is 2. The van der Waals surface area contributed by atoms with Gasteiger partial charge in [-0.15, -0.1) is 0 Å². The molecule has 1 saturated carbocycles. The average Bonchev–Trinajstić information content (AvgIpc) is 2.33. The van der Waals surface area contributed by atoms with Gasteiger partial charge in [0.05, 0.1) is 0 Å². The van der Waals surface area contributed by atoms with Crippen molar-refractivity contribution in [3.63, 3.8) is 0 Å². The van der Waals surface area contributed by atoms with Crippen molar-refractivity contribution < 1.29 is 0 Å². The van der Waals surface area contributed by atoms with Gasteiger partial charge in [0, 0.05) is 6.04 Å². The quantitative estimate of drug-likeness (QED) is 0.806. The summed E-state index contributed by atoms with van der Waals surface area (Å²) < 4.78 is 0. The Labute approximate surface area is 118 Å². The van der Waals surface area contributed by atoms with E-state index in [2.05, 4.69) is 55.5 Å². The van der Waals surface area contributed by atoms with Gasteiger partial charge >= 0.3 is 0 Å². The highest BCUT2D eigenvalue weighted by Crippen LogP contribution is 2.36. The van der Waals surface area contributed by atoms with Gasteiger partial charge in [0.1, 0.15) is 0 Å². The minimum absolute atomic E-state index is 0.489. The van der Waals surface area contributed by atoms with Gasteiger partial charge in [-0.25, -0.2) is 0 Å². The summed E-state index contributed by atoms with van der Waals surface area (Å²) >= 11 is 0. The van der Waals surface area contributed by atoms with E-state index in [-0.39, 0.29) is 0 Å². The molecule has 106 valence electrons. The summed E-state index contributed by atoms with van der Waals surface area (Å²) in [7, 11) is 4.28. The van der Waals surface area contributed by atoms with Gasteiger partial charge in [0.2, 0.25) is 0 Å². The van der Waals surface area contributed by atoms with Crippen molar-refractivity contribution in [3.8, 4) is 0 Å². The molecular formula is C17H28N2. The van der Waals surface area contributed by atoms with Crippen LogP contribution in [0.2, 0.25) is 0 Å². The maximum atomic E-state index is 3.60. The van der Waals surface area contributed by atoms with Crippen LogP contribution in [0.4, 0.5) is 0 Å². The first-order valence-corrected chi connectivity index (χ1v) is 7.68. The molecule has 1 fully saturated rings. The zero-order chi connectivity index (χ0) is 13.7. The fourth-order valence-electron chi connectivity index (χ4n) is 2.76. The molecule has 1 atom stereocenters. The van der Waals surface area contributed by atoms with Crippen molar-refractivity contribution >= 4 is 0 Å². The topological polar surface area (TPSA) is 15.3 Å². The van der Waals surface area contributed by atoms with E-state index in [0.29, 0.717) is 6.04 Å². The van der Waals surface area contributed by atoms with E-state index >= 15 is 0 Å². The molecule has 1 aliphatic carbocycles. The summed E-state index contributed by atoms with van der Waals surface area (Å²) in [6, 6.07) is 9.84. The van der Waals surface area contributed by atoms with Crippen LogP contribution in [0.5, 0.6) is 0 Å². The smallest absolute Gasteiger partial charge is 0.0332 e. The second-order valence-corrected chi connectivity index (χ2v) is 6.00. The molecule has 0 radical (unpaired) electrons. The molecule has 19 heavy (non-hydrogen) atoms. The Hall–Kier alpha value is -0.860. The minimum Gasteiger partial charge on any atom is -0.310 e. The lowest BCUT2D eigenvalue weighted by Gasteiger charge is -2.26. The lowest BCUT2D eigenvalue weighted by Crippen LogP contribution is -2.25. The Bertz CT molecular complexity index is 365. The van der Waals surface area contributed by atoms with Gasteiger partial charge in [-0.05, 0) is 63.5 Å². The molecule has 1 aliphatic rings. The summed E-state index contributed by atoms with van der Waals surface area (Å²) in [4.78, 5) is 2.26. The van der Waals surface area contributed by atoms with E-state index in [0.717, 1.165) is 19.0 Å². The van der Waals surface area contributed by atoms with Gasteiger partial charge in [0.15, 0.2) is 0 Å². The Morgan fingerprint density at radius 1 is 1.21 bits per heavy atom. The normalized spacial score (nSPS) is 17.5. The highest BCUT2D eigenvalue weighted by Gasteiger charge is 2.19. The van der Waals surface area contributed by atoms with Crippen molar-refractivity contribution in [1.29, 1.82) is 0 Å². The van der Waals surface area contributed by atoms with Crippen LogP contribution >= 0.6 is 0 Å². The molecule has 1 N–H and O–H groups in total. The standard InChI is InChI=1S/C17H28N2/c1-4-18-17(12-13-19(2)3)16-10-8-15(9-11-16)14-6-5-7-14/h8-11,14,17-18H,4-7,12-13H2,1-3H3. The molecule has 0 spiro atoms. The average molecular weight is 260 g/mol. The molecule has 2 heteroatoms. The predicted octanol–water partition coefficient (Wildman–Crippen LogP) is 3.56. The third-order valence-corrected chi connectivity index (χ3v) is 4.23. The Balaban J connectivity index is 1.99. The highest BCUT2D eigenvalue weighted by atomic mass is 15.1. The first-order valence-electron chi connectivity index (χ1n) is 7.68. The minimum atomic E-state index is 0.489. The molecule has 2 nitrogen and oxygen atoms in total. The summed E-state index contributed by atoms with van der Waals surface area (Å²) in [5.74, 6) is 0.841. The second-order valence-electron chi connectivity index (χ2n) is 6.00. The van der Waals surface area contributed by atoms with Gasteiger partial charge < -0.3 is 10.2 Å². The van der Waals surface area contributed by atoms with E-state index in [9.17, 15) is 0 Å². The van der Waals surface area contributed by atoms with Crippen LogP contribution in [0, 0.1) is 0 Å². The monoisotopic (exact) mass is 260 g/mol. The lowest BCUT2D eigenvalue weighted by molar-refractivity contribution is 0.363. The van der Waals surface area contributed by atoms with Gasteiger partial charge in [-0.2, -0.15) is 0 Å². The molecule has 1 unspecified atom stereocenters. The van der Waals surface area contributed by atoms with Gasteiger partial charge in [-0.3, -0.25) is 0 Å². The largest absolute Gasteiger partial charge is 0.310 e. The number of hydrogen-bond donors (Lipinski definition) is 1. The third kappa shape index (κ3) is 4.05. The predicted molar refractivity (Wildman–Crippen MR) is 82.6 cm³/mol. The molecule has 2 rings (SSSR count). The fourth-order valence-corrected chi connectivity index (χ4v) is 2.76. The zero-order valence-electron chi connectivity index (χ0n) is 12.7. The second kappa shape index (κ2) is 7.06. The summed E-state index contributed by atoms with van der Waals surface area (Å²) in [5, 5.41) is 3.60. The molecule has 0 bridgehead atoms. The first-order chi connectivity index (χ1) is 9.20. The highest BCUT2D eigenvalue weighted by molar-refractivity contribution is 5.28. The summed E-state index contributed by atoms with van der Waals surface area (Å²) in [5.41, 5.74) is 2.98. The van der Waals surface area contributed by atoms with Crippen LogP contribution in [0.25, 0.3) is 0 Å². The van der Waals surface area contributed by atoms with Crippen molar-refractivity contribution in [2.24, 2.45) is 0 Å². The lowest BCUT2D eigenvalue weighted by atomic mass is 9.80. The number of benzene rings is 1. The summed E-state index contributed by atoms with van der Waals surface area (Å²) in [6.45, 7) is 4.34. The van der Waals surface area contributed by atoms with Gasteiger partial charge in [-0.1, -0.05) is 37.6 Å². The van der Waals surface area contributed by atoms with Crippen LogP contribution in [0.15, 0.2) is 24.3 Å². The molecule has 0 aliphatic heterocycles. The van der Waals surface area contributed by atoms with E-state index in [1.54, 1.807) is 0 Å². The third-order valence-electron chi connectivity index (χ3n) is 4.23. The van der Waals surface area contributed by atoms with Gasteiger partial charge in [0.25, 0.3) is 0 Å². The van der Waals surface area contributed by atoms with E-state index < -0.39 is 0 Å². The molecule has 0 amide bonds. The van der Waals surface area contributed by atoms with Crippen LogP contribution in [-0.2, 0) is 0 Å². The fraction of sp³-hybridized carbons (Fsp3) is 0.647. The van der Waals surface area contributed by atoms with Crippen molar-refractivity contribution in [1.82, 2.24) is 10.2 Å². The van der Waals surface area contributed by atoms with Crippen LogP contribution in [-0.4, -0.2) is 32.1 Å². The number of rotatable bonds is 7. The molecule has 0 saturated heterocycles. The van der Waals surface area contributed by atoms with E-state index in [1.165, 1.54) is 36.8 Å². The summed E-state index contributed by atoms with van der Waals surface area (Å²) in [6.07, 6.45) is 5.35. The molecule has 0 heterocycles.